The number of nitrogens with zero attached hydrogens (tertiary/aromatic N) is 2. The lowest BCUT2D eigenvalue weighted by Gasteiger charge is -2.12. The van der Waals surface area contributed by atoms with Crippen molar-refractivity contribution in [3.63, 3.8) is 0 Å². The first-order chi connectivity index (χ1) is 9.99. The summed E-state index contributed by atoms with van der Waals surface area (Å²) in [7, 11) is 0. The van der Waals surface area contributed by atoms with Crippen LogP contribution in [0, 0.1) is 12.7 Å². The van der Waals surface area contributed by atoms with Gasteiger partial charge in [0.2, 0.25) is 0 Å². The number of fused-ring (bicyclic) bond motifs is 1. The summed E-state index contributed by atoms with van der Waals surface area (Å²) < 4.78 is 15.4. The number of benzene rings is 2. The van der Waals surface area contributed by atoms with Crippen LogP contribution in [0.15, 0.2) is 36.4 Å². The van der Waals surface area contributed by atoms with Crippen molar-refractivity contribution in [1.82, 2.24) is 9.55 Å². The minimum absolute atomic E-state index is 0.241. The Morgan fingerprint density at radius 3 is 2.67 bits per heavy atom. The van der Waals surface area contributed by atoms with Crippen LogP contribution in [0.1, 0.15) is 23.7 Å². The van der Waals surface area contributed by atoms with Gasteiger partial charge in [-0.25, -0.2) is 9.37 Å². The molecule has 5 heteroatoms. The van der Waals surface area contributed by atoms with Crippen LogP contribution in [-0.4, -0.2) is 9.55 Å². The molecule has 21 heavy (non-hydrogen) atoms. The van der Waals surface area contributed by atoms with Crippen LogP contribution in [0.25, 0.3) is 16.7 Å². The molecular formula is C16H13Cl2FN2. The van der Waals surface area contributed by atoms with Crippen LogP contribution in [0.4, 0.5) is 4.39 Å². The van der Waals surface area contributed by atoms with Gasteiger partial charge in [0.05, 0.1) is 21.4 Å². The number of alkyl halides is 1. The van der Waals surface area contributed by atoms with Crippen LogP contribution < -0.4 is 0 Å². The molecule has 1 heterocycles. The SMILES string of the molecule is Cc1cc(-n2c(C(C)Cl)nc3cccc(Cl)c32)ccc1F. The lowest BCUT2D eigenvalue weighted by Crippen LogP contribution is -2.03. The summed E-state index contributed by atoms with van der Waals surface area (Å²) >= 11 is 12.6. The molecule has 0 aliphatic rings. The zero-order chi connectivity index (χ0) is 15.1. The second-order valence-electron chi connectivity index (χ2n) is 4.96. The van der Waals surface area contributed by atoms with E-state index >= 15 is 0 Å². The van der Waals surface area contributed by atoms with Crippen molar-refractivity contribution in [2.75, 3.05) is 0 Å². The van der Waals surface area contributed by atoms with Gasteiger partial charge < -0.3 is 0 Å². The van der Waals surface area contributed by atoms with Crippen LogP contribution >= 0.6 is 23.2 Å². The van der Waals surface area contributed by atoms with Gasteiger partial charge in [0, 0.05) is 5.69 Å². The van der Waals surface area contributed by atoms with Gasteiger partial charge in [-0.2, -0.15) is 0 Å². The Labute approximate surface area is 132 Å². The number of rotatable bonds is 2. The summed E-state index contributed by atoms with van der Waals surface area (Å²) in [4.78, 5) is 4.55. The van der Waals surface area contributed by atoms with Crippen molar-refractivity contribution in [1.29, 1.82) is 0 Å². The van der Waals surface area contributed by atoms with E-state index in [0.717, 1.165) is 16.7 Å². The third-order valence-corrected chi connectivity index (χ3v) is 3.91. The van der Waals surface area contributed by atoms with E-state index < -0.39 is 0 Å². The summed E-state index contributed by atoms with van der Waals surface area (Å²) in [6.07, 6.45) is 0. The van der Waals surface area contributed by atoms with E-state index in [2.05, 4.69) is 4.98 Å². The minimum Gasteiger partial charge on any atom is -0.294 e. The van der Waals surface area contributed by atoms with E-state index in [4.69, 9.17) is 23.2 Å². The molecule has 1 atom stereocenters. The van der Waals surface area contributed by atoms with Gasteiger partial charge in [0.15, 0.2) is 0 Å². The lowest BCUT2D eigenvalue weighted by atomic mass is 10.2. The van der Waals surface area contributed by atoms with E-state index in [1.165, 1.54) is 6.07 Å². The monoisotopic (exact) mass is 322 g/mol. The number of hydrogen-bond donors (Lipinski definition) is 0. The Hall–Kier alpha value is -1.58. The lowest BCUT2D eigenvalue weighted by molar-refractivity contribution is 0.618. The average molecular weight is 323 g/mol. The van der Waals surface area contributed by atoms with Crippen molar-refractivity contribution in [3.05, 3.63) is 58.6 Å². The molecule has 3 rings (SSSR count). The van der Waals surface area contributed by atoms with Gasteiger partial charge in [-0.1, -0.05) is 17.7 Å². The zero-order valence-corrected chi connectivity index (χ0v) is 13.1. The molecular weight excluding hydrogens is 310 g/mol. The maximum absolute atomic E-state index is 13.5. The summed E-state index contributed by atoms with van der Waals surface area (Å²) in [6, 6.07) is 10.5. The molecule has 0 spiro atoms. The fraction of sp³-hybridized carbons (Fsp3) is 0.188. The smallest absolute Gasteiger partial charge is 0.132 e. The fourth-order valence-corrected chi connectivity index (χ4v) is 2.80. The summed E-state index contributed by atoms with van der Waals surface area (Å²) in [5.74, 6) is 0.445. The number of halogens is 3. The molecule has 1 unspecified atom stereocenters. The maximum Gasteiger partial charge on any atom is 0.132 e. The van der Waals surface area contributed by atoms with Crippen LogP contribution in [0.5, 0.6) is 0 Å². The highest BCUT2D eigenvalue weighted by Crippen LogP contribution is 2.32. The van der Waals surface area contributed by atoms with Gasteiger partial charge in [-0.15, -0.1) is 11.6 Å². The van der Waals surface area contributed by atoms with Crippen molar-refractivity contribution in [2.45, 2.75) is 19.2 Å². The second-order valence-corrected chi connectivity index (χ2v) is 6.02. The number of imidazole rings is 1. The van der Waals surface area contributed by atoms with E-state index in [1.54, 1.807) is 25.1 Å². The minimum atomic E-state index is -0.293. The summed E-state index contributed by atoms with van der Waals surface area (Å²) in [6.45, 7) is 3.58. The van der Waals surface area contributed by atoms with Crippen LogP contribution in [0.3, 0.4) is 0 Å². The third-order valence-electron chi connectivity index (χ3n) is 3.41. The molecule has 3 aromatic rings. The molecule has 0 N–H and O–H groups in total. The zero-order valence-electron chi connectivity index (χ0n) is 11.6. The van der Waals surface area contributed by atoms with Crippen molar-refractivity contribution in [3.8, 4) is 5.69 Å². The highest BCUT2D eigenvalue weighted by Gasteiger charge is 2.18. The van der Waals surface area contributed by atoms with Gasteiger partial charge in [-0.05, 0) is 49.7 Å². The standard InChI is InChI=1S/C16H13Cl2FN2/c1-9-8-11(6-7-13(9)19)21-15-12(18)4-3-5-14(15)20-16(21)10(2)17/h3-8,10H,1-2H3. The van der Waals surface area contributed by atoms with Gasteiger partial charge in [0.1, 0.15) is 11.6 Å². The normalized spacial score (nSPS) is 12.8. The molecule has 108 valence electrons. The highest BCUT2D eigenvalue weighted by molar-refractivity contribution is 6.35. The molecule has 1 aromatic heterocycles. The third kappa shape index (κ3) is 2.41. The molecule has 2 nitrogen and oxygen atoms in total. The number of aromatic nitrogens is 2. The number of aryl methyl sites for hydroxylation is 1. The molecule has 0 fully saturated rings. The number of hydrogen-bond acceptors (Lipinski definition) is 1. The molecule has 0 saturated heterocycles. The predicted molar refractivity (Wildman–Crippen MR) is 85.0 cm³/mol. The Morgan fingerprint density at radius 1 is 1.24 bits per heavy atom. The first-order valence-electron chi connectivity index (χ1n) is 6.56. The number of para-hydroxylation sites is 1. The van der Waals surface area contributed by atoms with E-state index in [9.17, 15) is 4.39 Å². The molecule has 0 radical (unpaired) electrons. The van der Waals surface area contributed by atoms with Gasteiger partial charge in [0.25, 0.3) is 0 Å². The first-order valence-corrected chi connectivity index (χ1v) is 7.38. The quantitative estimate of drug-likeness (QED) is 0.575. The summed E-state index contributed by atoms with van der Waals surface area (Å²) in [5, 5.41) is 0.296. The van der Waals surface area contributed by atoms with Crippen molar-refractivity contribution in [2.24, 2.45) is 0 Å². The van der Waals surface area contributed by atoms with E-state index in [1.807, 2.05) is 23.6 Å². The fourth-order valence-electron chi connectivity index (χ4n) is 2.40. The van der Waals surface area contributed by atoms with E-state index in [0.29, 0.717) is 16.4 Å². The van der Waals surface area contributed by atoms with Gasteiger partial charge >= 0.3 is 0 Å². The van der Waals surface area contributed by atoms with Crippen LogP contribution in [-0.2, 0) is 0 Å². The van der Waals surface area contributed by atoms with E-state index in [-0.39, 0.29) is 11.2 Å². The van der Waals surface area contributed by atoms with Crippen molar-refractivity contribution < 1.29 is 4.39 Å². The largest absolute Gasteiger partial charge is 0.294 e. The molecule has 0 bridgehead atoms. The Bertz CT molecular complexity index is 825. The Kier molecular flexibility index (Phi) is 3.64. The molecule has 0 saturated carbocycles. The maximum atomic E-state index is 13.5. The Morgan fingerprint density at radius 2 is 2.00 bits per heavy atom. The molecule has 2 aromatic carbocycles. The van der Waals surface area contributed by atoms with Crippen LogP contribution in [0.2, 0.25) is 5.02 Å². The predicted octanol–water partition coefficient (Wildman–Crippen LogP) is 5.43. The molecule has 0 aliphatic heterocycles. The van der Waals surface area contributed by atoms with Gasteiger partial charge in [-0.3, -0.25) is 4.57 Å². The summed E-state index contributed by atoms with van der Waals surface area (Å²) in [5.41, 5.74) is 2.92. The average Bonchev–Trinajstić information content (AvgIpc) is 2.83. The van der Waals surface area contributed by atoms with Crippen molar-refractivity contribution >= 4 is 34.2 Å². The topological polar surface area (TPSA) is 17.8 Å². The second kappa shape index (κ2) is 5.32. The Balaban J connectivity index is 2.38. The molecule has 0 amide bonds. The highest BCUT2D eigenvalue weighted by atomic mass is 35.5. The molecule has 0 aliphatic carbocycles. The first kappa shape index (κ1) is 14.4.